The van der Waals surface area contributed by atoms with Crippen molar-refractivity contribution in [3.8, 4) is 5.75 Å². The summed E-state index contributed by atoms with van der Waals surface area (Å²) in [5, 5.41) is 10.3. The third kappa shape index (κ3) is 3.33. The maximum atomic E-state index is 13.3. The van der Waals surface area contributed by atoms with Gasteiger partial charge in [0, 0.05) is 26.2 Å². The fourth-order valence-electron chi connectivity index (χ4n) is 1.15. The van der Waals surface area contributed by atoms with E-state index in [1.54, 1.807) is 0 Å². The first kappa shape index (κ1) is 14.7. The lowest BCUT2D eigenvalue weighted by atomic mass is 10.3. The molecule has 1 aromatic rings. The summed E-state index contributed by atoms with van der Waals surface area (Å²) in [7, 11) is 2.19. The van der Waals surface area contributed by atoms with Crippen LogP contribution in [-0.2, 0) is 4.79 Å². The summed E-state index contributed by atoms with van der Waals surface area (Å²) in [6.07, 6.45) is -4.19. The van der Waals surface area contributed by atoms with Gasteiger partial charge in [-0.25, -0.2) is 0 Å². The van der Waals surface area contributed by atoms with Crippen molar-refractivity contribution in [2.75, 3.05) is 14.1 Å². The highest BCUT2D eigenvalue weighted by Crippen LogP contribution is 2.27. The van der Waals surface area contributed by atoms with Crippen molar-refractivity contribution in [1.29, 1.82) is 0 Å². The van der Waals surface area contributed by atoms with Crippen LogP contribution in [0.1, 0.15) is 0 Å². The van der Waals surface area contributed by atoms with E-state index in [1.807, 2.05) is 0 Å². The van der Waals surface area contributed by atoms with E-state index in [0.717, 1.165) is 20.2 Å². The summed E-state index contributed by atoms with van der Waals surface area (Å²) in [5.41, 5.74) is -0.880. The average molecular weight is 278 g/mol. The molecule has 104 valence electrons. The molecular weight excluding hydrogens is 269 g/mol. The first-order valence-electron chi connectivity index (χ1n) is 4.87. The number of nitrogens with zero attached hydrogens (tertiary/aromatic N) is 2. The van der Waals surface area contributed by atoms with Crippen LogP contribution in [0, 0.1) is 15.9 Å². The van der Waals surface area contributed by atoms with Gasteiger partial charge < -0.3 is 9.64 Å². The zero-order valence-electron chi connectivity index (χ0n) is 9.89. The van der Waals surface area contributed by atoms with Gasteiger partial charge in [-0.2, -0.15) is 13.2 Å². The molecule has 0 aliphatic carbocycles. The van der Waals surface area contributed by atoms with Gasteiger partial charge in [-0.05, 0) is 6.07 Å². The van der Waals surface area contributed by atoms with Crippen LogP contribution in [-0.4, -0.2) is 35.9 Å². The minimum Gasteiger partial charge on any atom is -0.425 e. The lowest BCUT2D eigenvalue weighted by Gasteiger charge is -2.20. The van der Waals surface area contributed by atoms with Crippen LogP contribution in [0.5, 0.6) is 5.75 Å². The Bertz CT molecular complexity index is 519. The summed E-state index contributed by atoms with van der Waals surface area (Å²) < 4.78 is 43.8. The smallest absolute Gasteiger partial charge is 0.425 e. The summed E-state index contributed by atoms with van der Waals surface area (Å²) in [6, 6.07) is 1.86. The van der Waals surface area contributed by atoms with Crippen molar-refractivity contribution >= 4 is 11.6 Å². The van der Waals surface area contributed by atoms with Crippen LogP contribution < -0.4 is 4.74 Å². The van der Waals surface area contributed by atoms with Gasteiger partial charge in [-0.3, -0.25) is 14.9 Å². The van der Waals surface area contributed by atoms with Gasteiger partial charge >= 0.3 is 17.7 Å². The fourth-order valence-corrected chi connectivity index (χ4v) is 1.15. The molecule has 0 atom stereocenters. The van der Waals surface area contributed by atoms with Crippen molar-refractivity contribution in [3.05, 3.63) is 34.1 Å². The Kier molecular flexibility index (Phi) is 3.98. The quantitative estimate of drug-likeness (QED) is 0.621. The Morgan fingerprint density at radius 2 is 2.00 bits per heavy atom. The number of amides is 1. The molecule has 9 heteroatoms. The second kappa shape index (κ2) is 5.12. The number of likely N-dealkylation sites (N-methyl/N-ethyl adjacent to an activating group) is 1. The number of hydrogen-bond acceptors (Lipinski definition) is 4. The standard InChI is InChI=1S/C10H9F3N2O4/c1-14(2)9(16)10(12,13)19-6-3-4-8(15(17)18)7(11)5-6/h3-5H,1-2H3. The topological polar surface area (TPSA) is 72.7 Å². The van der Waals surface area contributed by atoms with Crippen molar-refractivity contribution in [2.24, 2.45) is 0 Å². The zero-order valence-corrected chi connectivity index (χ0v) is 9.89. The van der Waals surface area contributed by atoms with Gasteiger partial charge in [-0.1, -0.05) is 0 Å². The van der Waals surface area contributed by atoms with E-state index in [-0.39, 0.29) is 0 Å². The van der Waals surface area contributed by atoms with Crippen molar-refractivity contribution in [3.63, 3.8) is 0 Å². The van der Waals surface area contributed by atoms with Gasteiger partial charge in [0.25, 0.3) is 0 Å². The monoisotopic (exact) mass is 278 g/mol. The molecule has 0 aromatic heterocycles. The number of halogens is 3. The molecule has 0 unspecified atom stereocenters. The minimum atomic E-state index is -4.19. The molecule has 0 aliphatic heterocycles. The molecule has 1 rings (SSSR count). The highest BCUT2D eigenvalue weighted by Gasteiger charge is 2.43. The third-order valence-electron chi connectivity index (χ3n) is 2.02. The molecule has 0 heterocycles. The molecular formula is C10H9F3N2O4. The highest BCUT2D eigenvalue weighted by molar-refractivity contribution is 5.81. The highest BCUT2D eigenvalue weighted by atomic mass is 19.3. The predicted molar refractivity (Wildman–Crippen MR) is 57.3 cm³/mol. The third-order valence-corrected chi connectivity index (χ3v) is 2.02. The van der Waals surface area contributed by atoms with Gasteiger partial charge in [-0.15, -0.1) is 0 Å². The maximum absolute atomic E-state index is 13.3. The maximum Gasteiger partial charge on any atom is 0.482 e. The van der Waals surface area contributed by atoms with Gasteiger partial charge in [0.2, 0.25) is 5.82 Å². The molecule has 0 aliphatic rings. The Morgan fingerprint density at radius 1 is 1.42 bits per heavy atom. The lowest BCUT2D eigenvalue weighted by molar-refractivity contribution is -0.387. The summed E-state index contributed by atoms with van der Waals surface area (Å²) in [5.74, 6) is -3.66. The molecule has 1 amide bonds. The zero-order chi connectivity index (χ0) is 14.8. The Balaban J connectivity index is 2.98. The fraction of sp³-hybridized carbons (Fsp3) is 0.300. The molecule has 0 radical (unpaired) electrons. The number of carbonyl (C=O) groups is 1. The van der Waals surface area contributed by atoms with Crippen LogP contribution >= 0.6 is 0 Å². The van der Waals surface area contributed by atoms with Crippen LogP contribution in [0.2, 0.25) is 0 Å². The van der Waals surface area contributed by atoms with Crippen LogP contribution in [0.4, 0.5) is 18.9 Å². The average Bonchev–Trinajstić information content (AvgIpc) is 2.26. The van der Waals surface area contributed by atoms with E-state index in [0.29, 0.717) is 17.0 Å². The van der Waals surface area contributed by atoms with Gasteiger partial charge in [0.1, 0.15) is 5.75 Å². The molecule has 19 heavy (non-hydrogen) atoms. The lowest BCUT2D eigenvalue weighted by Crippen LogP contribution is -2.43. The van der Waals surface area contributed by atoms with E-state index < -0.39 is 34.2 Å². The molecule has 0 bridgehead atoms. The van der Waals surface area contributed by atoms with Crippen LogP contribution in [0.15, 0.2) is 18.2 Å². The predicted octanol–water partition coefficient (Wildman–Crippen LogP) is 1.79. The molecule has 0 saturated carbocycles. The number of hydrogen-bond donors (Lipinski definition) is 0. The van der Waals surface area contributed by atoms with Crippen molar-refractivity contribution < 1.29 is 27.6 Å². The number of nitro groups is 1. The number of nitro benzene ring substituents is 1. The molecule has 0 fully saturated rings. The Morgan fingerprint density at radius 3 is 2.42 bits per heavy atom. The number of ether oxygens (including phenoxy) is 1. The van der Waals surface area contributed by atoms with Gasteiger partial charge in [0.15, 0.2) is 0 Å². The largest absolute Gasteiger partial charge is 0.482 e. The summed E-state index contributed by atoms with van der Waals surface area (Å²) in [4.78, 5) is 21.0. The van der Waals surface area contributed by atoms with E-state index >= 15 is 0 Å². The van der Waals surface area contributed by atoms with Crippen molar-refractivity contribution in [2.45, 2.75) is 6.11 Å². The number of benzene rings is 1. The SMILES string of the molecule is CN(C)C(=O)C(F)(F)Oc1ccc([N+](=O)[O-])c(F)c1. The van der Waals surface area contributed by atoms with Crippen LogP contribution in [0.3, 0.4) is 0 Å². The molecule has 0 saturated heterocycles. The van der Waals surface area contributed by atoms with E-state index in [1.165, 1.54) is 0 Å². The minimum absolute atomic E-state index is 0.412. The van der Waals surface area contributed by atoms with Crippen molar-refractivity contribution in [1.82, 2.24) is 4.90 Å². The summed E-state index contributed by atoms with van der Waals surface area (Å²) >= 11 is 0. The molecule has 0 spiro atoms. The number of rotatable bonds is 4. The molecule has 1 aromatic carbocycles. The van der Waals surface area contributed by atoms with Gasteiger partial charge in [0.05, 0.1) is 4.92 Å². The summed E-state index contributed by atoms with van der Waals surface area (Å²) in [6.45, 7) is 0. The molecule has 6 nitrogen and oxygen atoms in total. The first-order chi connectivity index (χ1) is 8.65. The second-order valence-electron chi connectivity index (χ2n) is 3.69. The molecule has 0 N–H and O–H groups in total. The van der Waals surface area contributed by atoms with E-state index in [2.05, 4.69) is 4.74 Å². The normalized spacial score (nSPS) is 11.0. The number of alkyl halides is 2. The van der Waals surface area contributed by atoms with Crippen LogP contribution in [0.25, 0.3) is 0 Å². The second-order valence-corrected chi connectivity index (χ2v) is 3.69. The Hall–Kier alpha value is -2.32. The number of carbonyl (C=O) groups excluding carboxylic acids is 1. The van der Waals surface area contributed by atoms with E-state index in [9.17, 15) is 28.1 Å². The van der Waals surface area contributed by atoms with E-state index in [4.69, 9.17) is 0 Å². The Labute approximate surface area is 105 Å². The first-order valence-corrected chi connectivity index (χ1v) is 4.87.